The molecule has 2 aliphatic rings. The summed E-state index contributed by atoms with van der Waals surface area (Å²) < 4.78 is 38.7. The Hall–Kier alpha value is -2.09. The van der Waals surface area contributed by atoms with Crippen molar-refractivity contribution in [2.75, 3.05) is 13.1 Å². The molecular formula is C17H18F3NO4. The van der Waals surface area contributed by atoms with Crippen LogP contribution in [0.25, 0.3) is 0 Å². The van der Waals surface area contributed by atoms with Crippen LogP contribution in [0.3, 0.4) is 0 Å². The number of carbonyl (C=O) groups excluding carboxylic acids is 1. The fourth-order valence-corrected chi connectivity index (χ4v) is 3.34. The zero-order chi connectivity index (χ0) is 18.5. The molecule has 0 radical (unpaired) electrons. The van der Waals surface area contributed by atoms with Gasteiger partial charge in [-0.05, 0) is 24.5 Å². The standard InChI is InChI=1S/C17H18F3NO4/c18-17(19,20)12-3-1-2-11(10-12)15(4-5-15)13(22)21-8-6-16(25,7-9-21)14(23)24/h1-3,10,25H,4-9H2,(H,23,24). The summed E-state index contributed by atoms with van der Waals surface area (Å²) in [6.07, 6.45) is -3.72. The molecule has 1 aromatic rings. The van der Waals surface area contributed by atoms with E-state index < -0.39 is 28.7 Å². The summed E-state index contributed by atoms with van der Waals surface area (Å²) in [6.45, 7) is 0.144. The van der Waals surface area contributed by atoms with E-state index in [0.29, 0.717) is 18.4 Å². The van der Waals surface area contributed by atoms with Crippen molar-refractivity contribution in [3.63, 3.8) is 0 Å². The van der Waals surface area contributed by atoms with E-state index in [1.807, 2.05) is 0 Å². The number of carbonyl (C=O) groups is 2. The lowest BCUT2D eigenvalue weighted by molar-refractivity contribution is -0.165. The molecule has 1 aliphatic heterocycles. The smallest absolute Gasteiger partial charge is 0.416 e. The molecular weight excluding hydrogens is 339 g/mol. The highest BCUT2D eigenvalue weighted by atomic mass is 19.4. The number of likely N-dealkylation sites (tertiary alicyclic amines) is 1. The van der Waals surface area contributed by atoms with Crippen LogP contribution in [0.5, 0.6) is 0 Å². The van der Waals surface area contributed by atoms with E-state index in [1.54, 1.807) is 0 Å². The maximum absolute atomic E-state index is 12.9. The van der Waals surface area contributed by atoms with Gasteiger partial charge in [-0.3, -0.25) is 4.79 Å². The van der Waals surface area contributed by atoms with Crippen LogP contribution in [-0.4, -0.2) is 45.7 Å². The number of hydrogen-bond acceptors (Lipinski definition) is 3. The summed E-state index contributed by atoms with van der Waals surface area (Å²) in [5.41, 5.74) is -3.25. The van der Waals surface area contributed by atoms with Crippen LogP contribution in [0.1, 0.15) is 36.8 Å². The fraction of sp³-hybridized carbons (Fsp3) is 0.529. The quantitative estimate of drug-likeness (QED) is 0.869. The number of nitrogens with zero attached hydrogens (tertiary/aromatic N) is 1. The molecule has 1 aromatic carbocycles. The van der Waals surface area contributed by atoms with Crippen LogP contribution >= 0.6 is 0 Å². The number of piperidine rings is 1. The summed E-state index contributed by atoms with van der Waals surface area (Å²) in [7, 11) is 0. The van der Waals surface area contributed by atoms with Gasteiger partial charge in [-0.1, -0.05) is 18.2 Å². The van der Waals surface area contributed by atoms with Crippen molar-refractivity contribution in [2.45, 2.75) is 42.9 Å². The van der Waals surface area contributed by atoms with Crippen molar-refractivity contribution in [2.24, 2.45) is 0 Å². The van der Waals surface area contributed by atoms with Crippen molar-refractivity contribution in [3.8, 4) is 0 Å². The maximum atomic E-state index is 12.9. The number of halogens is 3. The van der Waals surface area contributed by atoms with Gasteiger partial charge in [0.05, 0.1) is 11.0 Å². The van der Waals surface area contributed by atoms with Crippen LogP contribution in [-0.2, 0) is 21.2 Å². The molecule has 25 heavy (non-hydrogen) atoms. The van der Waals surface area contributed by atoms with E-state index in [4.69, 9.17) is 5.11 Å². The van der Waals surface area contributed by atoms with Crippen molar-refractivity contribution < 1.29 is 33.0 Å². The third kappa shape index (κ3) is 3.10. The van der Waals surface area contributed by atoms with Crippen molar-refractivity contribution in [1.82, 2.24) is 4.90 Å². The molecule has 2 fully saturated rings. The highest BCUT2D eigenvalue weighted by Crippen LogP contribution is 2.50. The molecule has 1 saturated heterocycles. The second-order valence-electron chi connectivity index (χ2n) is 6.79. The number of aliphatic carboxylic acids is 1. The van der Waals surface area contributed by atoms with Gasteiger partial charge in [0.25, 0.3) is 0 Å². The monoisotopic (exact) mass is 357 g/mol. The van der Waals surface area contributed by atoms with E-state index in [2.05, 4.69) is 0 Å². The average Bonchev–Trinajstić information content (AvgIpc) is 3.36. The molecule has 136 valence electrons. The Morgan fingerprint density at radius 3 is 2.16 bits per heavy atom. The first-order chi connectivity index (χ1) is 11.6. The largest absolute Gasteiger partial charge is 0.479 e. The molecule has 0 atom stereocenters. The van der Waals surface area contributed by atoms with Crippen LogP contribution in [0.15, 0.2) is 24.3 Å². The van der Waals surface area contributed by atoms with E-state index in [0.717, 1.165) is 12.1 Å². The Morgan fingerprint density at radius 2 is 1.68 bits per heavy atom. The molecule has 0 spiro atoms. The predicted octanol–water partition coefficient (Wildman–Crippen LogP) is 2.18. The van der Waals surface area contributed by atoms with Gasteiger partial charge >= 0.3 is 12.1 Å². The number of carboxylic acid groups (broad SMARTS) is 1. The van der Waals surface area contributed by atoms with Gasteiger partial charge in [0.2, 0.25) is 5.91 Å². The van der Waals surface area contributed by atoms with Crippen molar-refractivity contribution in [3.05, 3.63) is 35.4 Å². The second kappa shape index (κ2) is 5.72. The summed E-state index contributed by atoms with van der Waals surface area (Å²) in [6, 6.07) is 4.81. The maximum Gasteiger partial charge on any atom is 0.416 e. The SMILES string of the molecule is O=C(O)C1(O)CCN(C(=O)C2(c3cccc(C(F)(F)F)c3)CC2)CC1. The summed E-state index contributed by atoms with van der Waals surface area (Å²) in [5, 5.41) is 19.0. The lowest BCUT2D eigenvalue weighted by Crippen LogP contribution is -2.52. The predicted molar refractivity (Wildman–Crippen MR) is 80.8 cm³/mol. The Kier molecular flexibility index (Phi) is 4.06. The molecule has 5 nitrogen and oxygen atoms in total. The summed E-state index contributed by atoms with van der Waals surface area (Å²) >= 11 is 0. The first kappa shape index (κ1) is 17.7. The van der Waals surface area contributed by atoms with Crippen LogP contribution in [0.2, 0.25) is 0 Å². The molecule has 1 heterocycles. The molecule has 3 rings (SSSR count). The minimum atomic E-state index is -4.47. The van der Waals surface area contributed by atoms with Gasteiger partial charge in [0.15, 0.2) is 5.60 Å². The lowest BCUT2D eigenvalue weighted by Gasteiger charge is -2.37. The minimum absolute atomic E-state index is 0.0718. The van der Waals surface area contributed by atoms with Crippen molar-refractivity contribution >= 4 is 11.9 Å². The first-order valence-electron chi connectivity index (χ1n) is 8.01. The van der Waals surface area contributed by atoms with Crippen LogP contribution < -0.4 is 0 Å². The normalized spacial score (nSPS) is 21.7. The molecule has 0 bridgehead atoms. The molecule has 0 aromatic heterocycles. The van der Waals surface area contributed by atoms with E-state index in [9.17, 15) is 27.9 Å². The van der Waals surface area contributed by atoms with Gasteiger partial charge in [-0.2, -0.15) is 13.2 Å². The highest BCUT2D eigenvalue weighted by Gasteiger charge is 2.54. The van der Waals surface area contributed by atoms with Crippen LogP contribution in [0, 0.1) is 0 Å². The summed E-state index contributed by atoms with van der Waals surface area (Å²) in [5.74, 6) is -1.61. The Bertz CT molecular complexity index is 704. The molecule has 1 saturated carbocycles. The number of benzene rings is 1. The minimum Gasteiger partial charge on any atom is -0.479 e. The van der Waals surface area contributed by atoms with Gasteiger partial charge < -0.3 is 15.1 Å². The number of rotatable bonds is 3. The number of aliphatic hydroxyl groups is 1. The third-order valence-corrected chi connectivity index (χ3v) is 5.18. The number of amides is 1. The second-order valence-corrected chi connectivity index (χ2v) is 6.79. The Morgan fingerprint density at radius 1 is 1.08 bits per heavy atom. The zero-order valence-corrected chi connectivity index (χ0v) is 13.3. The lowest BCUT2D eigenvalue weighted by atomic mass is 9.88. The molecule has 0 unspecified atom stereocenters. The van der Waals surface area contributed by atoms with E-state index >= 15 is 0 Å². The van der Waals surface area contributed by atoms with Gasteiger partial charge in [0.1, 0.15) is 0 Å². The molecule has 1 amide bonds. The third-order valence-electron chi connectivity index (χ3n) is 5.18. The Balaban J connectivity index is 1.78. The first-order valence-corrected chi connectivity index (χ1v) is 8.01. The van der Waals surface area contributed by atoms with Gasteiger partial charge in [-0.15, -0.1) is 0 Å². The van der Waals surface area contributed by atoms with Crippen LogP contribution in [0.4, 0.5) is 13.2 Å². The molecule has 2 N–H and O–H groups in total. The number of hydrogen-bond donors (Lipinski definition) is 2. The van der Waals surface area contributed by atoms with E-state index in [-0.39, 0.29) is 31.8 Å². The van der Waals surface area contributed by atoms with Crippen molar-refractivity contribution in [1.29, 1.82) is 0 Å². The zero-order valence-electron chi connectivity index (χ0n) is 13.3. The molecule has 8 heteroatoms. The number of alkyl halides is 3. The Labute approximate surface area is 142 Å². The summed E-state index contributed by atoms with van der Waals surface area (Å²) in [4.78, 5) is 25.3. The van der Waals surface area contributed by atoms with E-state index in [1.165, 1.54) is 17.0 Å². The molecule has 1 aliphatic carbocycles. The highest BCUT2D eigenvalue weighted by molar-refractivity contribution is 5.91. The average molecular weight is 357 g/mol. The fourth-order valence-electron chi connectivity index (χ4n) is 3.34. The number of carboxylic acids is 1. The van der Waals surface area contributed by atoms with Gasteiger partial charge in [0, 0.05) is 25.9 Å². The van der Waals surface area contributed by atoms with Gasteiger partial charge in [-0.25, -0.2) is 4.79 Å². The topological polar surface area (TPSA) is 77.8 Å².